The number of nitrogens with zero attached hydrogens (tertiary/aromatic N) is 5. The standard InChI is InChI=1S/C21H18FN5O2/c22-14-5-6-19-24-16-7-9-25(12-15(16)21(29)27(19)11-14)20(28)8-10-26-13-23-17-3-1-2-4-18(17)26/h1-6,11,13H,7-10,12H2. The molecule has 0 bridgehead atoms. The van der Waals surface area contributed by atoms with Gasteiger partial charge in [-0.15, -0.1) is 0 Å². The molecule has 29 heavy (non-hydrogen) atoms. The molecule has 4 aromatic rings. The van der Waals surface area contributed by atoms with E-state index in [1.807, 2.05) is 28.8 Å². The molecule has 0 atom stereocenters. The summed E-state index contributed by atoms with van der Waals surface area (Å²) >= 11 is 0. The van der Waals surface area contributed by atoms with Crippen molar-refractivity contribution in [2.24, 2.45) is 0 Å². The first-order valence-electron chi connectivity index (χ1n) is 9.47. The van der Waals surface area contributed by atoms with E-state index in [4.69, 9.17) is 0 Å². The van der Waals surface area contributed by atoms with Gasteiger partial charge >= 0.3 is 0 Å². The van der Waals surface area contributed by atoms with Crippen LogP contribution in [0.4, 0.5) is 4.39 Å². The molecule has 7 nitrogen and oxygen atoms in total. The zero-order chi connectivity index (χ0) is 20.0. The van der Waals surface area contributed by atoms with E-state index in [2.05, 4.69) is 9.97 Å². The number of carbonyl (C=O) groups excluding carboxylic acids is 1. The van der Waals surface area contributed by atoms with Gasteiger partial charge in [-0.1, -0.05) is 12.1 Å². The maximum absolute atomic E-state index is 13.5. The van der Waals surface area contributed by atoms with Crippen LogP contribution in [0.15, 0.2) is 53.7 Å². The van der Waals surface area contributed by atoms with Gasteiger partial charge in [0.25, 0.3) is 5.56 Å². The molecule has 0 fully saturated rings. The summed E-state index contributed by atoms with van der Waals surface area (Å²) in [6.07, 6.45) is 3.70. The minimum atomic E-state index is -0.502. The summed E-state index contributed by atoms with van der Waals surface area (Å²) < 4.78 is 16.7. The Labute approximate surface area is 165 Å². The predicted molar refractivity (Wildman–Crippen MR) is 105 cm³/mol. The molecule has 8 heteroatoms. The Morgan fingerprint density at radius 2 is 2.03 bits per heavy atom. The largest absolute Gasteiger partial charge is 0.338 e. The molecule has 1 aliphatic rings. The van der Waals surface area contributed by atoms with Crippen LogP contribution in [0.2, 0.25) is 0 Å². The third-order valence-electron chi connectivity index (χ3n) is 5.38. The number of benzene rings is 1. The van der Waals surface area contributed by atoms with E-state index in [0.29, 0.717) is 42.8 Å². The molecule has 0 N–H and O–H groups in total. The highest BCUT2D eigenvalue weighted by Gasteiger charge is 2.25. The lowest BCUT2D eigenvalue weighted by Gasteiger charge is -2.28. The van der Waals surface area contributed by atoms with Crippen LogP contribution in [0.3, 0.4) is 0 Å². The molecule has 0 radical (unpaired) electrons. The van der Waals surface area contributed by atoms with Gasteiger partial charge in [-0.2, -0.15) is 0 Å². The summed E-state index contributed by atoms with van der Waals surface area (Å²) in [6.45, 7) is 1.23. The zero-order valence-corrected chi connectivity index (χ0v) is 15.6. The van der Waals surface area contributed by atoms with Crippen molar-refractivity contribution in [3.63, 3.8) is 0 Å². The molecule has 146 valence electrons. The number of aromatic nitrogens is 4. The van der Waals surface area contributed by atoms with E-state index in [1.54, 1.807) is 11.2 Å². The van der Waals surface area contributed by atoms with E-state index < -0.39 is 5.82 Å². The fraction of sp³-hybridized carbons (Fsp3) is 0.238. The summed E-state index contributed by atoms with van der Waals surface area (Å²) in [5.74, 6) is -0.533. The Balaban J connectivity index is 1.36. The van der Waals surface area contributed by atoms with Gasteiger partial charge in [-0.25, -0.2) is 14.4 Å². The predicted octanol–water partition coefficient (Wildman–Crippen LogP) is 2.16. The van der Waals surface area contributed by atoms with E-state index in [1.165, 1.54) is 16.5 Å². The van der Waals surface area contributed by atoms with E-state index in [9.17, 15) is 14.0 Å². The van der Waals surface area contributed by atoms with Crippen molar-refractivity contribution in [2.45, 2.75) is 25.9 Å². The van der Waals surface area contributed by atoms with Crippen LogP contribution >= 0.6 is 0 Å². The molecule has 1 aromatic carbocycles. The Morgan fingerprint density at radius 1 is 1.17 bits per heavy atom. The summed E-state index contributed by atoms with van der Waals surface area (Å²) in [5.41, 5.74) is 3.13. The zero-order valence-electron chi connectivity index (χ0n) is 15.6. The smallest absolute Gasteiger partial charge is 0.263 e. The molecular formula is C21H18FN5O2. The van der Waals surface area contributed by atoms with Crippen molar-refractivity contribution < 1.29 is 9.18 Å². The number of rotatable bonds is 3. The summed E-state index contributed by atoms with van der Waals surface area (Å²) in [4.78, 5) is 36.1. The minimum absolute atomic E-state index is 0.0304. The maximum atomic E-state index is 13.5. The van der Waals surface area contributed by atoms with Crippen molar-refractivity contribution in [1.82, 2.24) is 23.8 Å². The number of para-hydroxylation sites is 2. The summed E-state index contributed by atoms with van der Waals surface area (Å²) in [6, 6.07) is 10.6. The van der Waals surface area contributed by atoms with Gasteiger partial charge in [-0.3, -0.25) is 14.0 Å². The lowest BCUT2D eigenvalue weighted by molar-refractivity contribution is -0.132. The topological polar surface area (TPSA) is 72.5 Å². The second-order valence-electron chi connectivity index (χ2n) is 7.16. The van der Waals surface area contributed by atoms with Crippen LogP contribution in [0.5, 0.6) is 0 Å². The van der Waals surface area contributed by atoms with Gasteiger partial charge < -0.3 is 9.47 Å². The molecule has 0 aliphatic carbocycles. The van der Waals surface area contributed by atoms with Crippen LogP contribution in [0.25, 0.3) is 16.7 Å². The third-order valence-corrected chi connectivity index (χ3v) is 5.38. The van der Waals surface area contributed by atoms with E-state index in [-0.39, 0.29) is 18.0 Å². The highest BCUT2D eigenvalue weighted by atomic mass is 19.1. The average Bonchev–Trinajstić information content (AvgIpc) is 3.16. The number of hydrogen-bond donors (Lipinski definition) is 0. The lowest BCUT2D eigenvalue weighted by Crippen LogP contribution is -2.40. The first-order valence-corrected chi connectivity index (χ1v) is 9.47. The first-order chi connectivity index (χ1) is 14.1. The van der Waals surface area contributed by atoms with Crippen LogP contribution in [0.1, 0.15) is 17.7 Å². The van der Waals surface area contributed by atoms with Gasteiger partial charge in [-0.05, 0) is 24.3 Å². The van der Waals surface area contributed by atoms with Crippen LogP contribution in [-0.2, 0) is 24.3 Å². The molecule has 4 heterocycles. The highest BCUT2D eigenvalue weighted by Crippen LogP contribution is 2.17. The molecule has 0 saturated carbocycles. The minimum Gasteiger partial charge on any atom is -0.338 e. The number of amides is 1. The van der Waals surface area contributed by atoms with Crippen molar-refractivity contribution in [3.05, 3.63) is 76.4 Å². The number of pyridine rings is 1. The van der Waals surface area contributed by atoms with E-state index >= 15 is 0 Å². The molecule has 0 saturated heterocycles. The Morgan fingerprint density at radius 3 is 2.93 bits per heavy atom. The van der Waals surface area contributed by atoms with Crippen molar-refractivity contribution in [1.29, 1.82) is 0 Å². The van der Waals surface area contributed by atoms with Crippen LogP contribution < -0.4 is 5.56 Å². The molecule has 1 amide bonds. The first kappa shape index (κ1) is 17.5. The Hall–Kier alpha value is -3.55. The molecule has 5 rings (SSSR count). The Bertz CT molecular complexity index is 1310. The number of fused-ring (bicyclic) bond motifs is 3. The third kappa shape index (κ3) is 3.06. The highest BCUT2D eigenvalue weighted by molar-refractivity contribution is 5.78. The Kier molecular flexibility index (Phi) is 4.12. The molecule has 3 aromatic heterocycles. The van der Waals surface area contributed by atoms with Crippen molar-refractivity contribution in [3.8, 4) is 0 Å². The number of hydrogen-bond acceptors (Lipinski definition) is 4. The van der Waals surface area contributed by atoms with Crippen molar-refractivity contribution in [2.75, 3.05) is 6.54 Å². The second kappa shape index (κ2) is 6.80. The molecule has 0 unspecified atom stereocenters. The van der Waals surface area contributed by atoms with Crippen LogP contribution in [0, 0.1) is 5.82 Å². The SMILES string of the molecule is O=C(CCn1cnc2ccccc21)N1CCc2nc3ccc(F)cn3c(=O)c2C1. The van der Waals surface area contributed by atoms with Crippen LogP contribution in [-0.4, -0.2) is 36.3 Å². The summed E-state index contributed by atoms with van der Waals surface area (Å²) in [5, 5.41) is 0. The maximum Gasteiger partial charge on any atom is 0.263 e. The van der Waals surface area contributed by atoms with E-state index in [0.717, 1.165) is 17.2 Å². The quantitative estimate of drug-likeness (QED) is 0.537. The fourth-order valence-electron chi connectivity index (χ4n) is 3.85. The summed E-state index contributed by atoms with van der Waals surface area (Å²) in [7, 11) is 0. The van der Waals surface area contributed by atoms with Gasteiger partial charge in [0.2, 0.25) is 5.91 Å². The molecule has 0 spiro atoms. The van der Waals surface area contributed by atoms with Gasteiger partial charge in [0, 0.05) is 32.1 Å². The van der Waals surface area contributed by atoms with Gasteiger partial charge in [0.1, 0.15) is 11.5 Å². The number of carbonyl (C=O) groups is 1. The normalized spacial score (nSPS) is 13.8. The average molecular weight is 391 g/mol. The van der Waals surface area contributed by atoms with Gasteiger partial charge in [0.05, 0.1) is 35.2 Å². The fourth-order valence-corrected chi connectivity index (χ4v) is 3.85. The lowest BCUT2D eigenvalue weighted by atomic mass is 10.1. The monoisotopic (exact) mass is 391 g/mol. The molecular weight excluding hydrogens is 373 g/mol. The number of imidazole rings is 1. The van der Waals surface area contributed by atoms with Crippen molar-refractivity contribution >= 4 is 22.6 Å². The number of aryl methyl sites for hydroxylation is 1. The number of halogens is 1. The van der Waals surface area contributed by atoms with Gasteiger partial charge in [0.15, 0.2) is 0 Å². The second-order valence-corrected chi connectivity index (χ2v) is 7.16. The molecule has 1 aliphatic heterocycles.